The minimum absolute atomic E-state index is 0.00828. The first-order valence-electron chi connectivity index (χ1n) is 34.0. The zero-order valence-corrected chi connectivity index (χ0v) is 58.5. The molecule has 5 aliphatic heterocycles. The SMILES string of the molecule is CC(=O)OC[C@H]1O[C@@H](n2cc(CN3C[C@@H](C)C[C@H]4O[C@]5(CC[C@@H]6C(=C5C)C[C@H]5[C@H]6CC=C6C[C@@H](O)CC[C@@]65C)[C@H](C)[C@@H]43)nn2)[C@H](OC(C)=O)[C@@H](OC(C)=O)[C@@H]1O[C@@H]1O[C@H](COC(C)=O)[C@@H](O[C@@H]2O[C@H](COC(C)=O)[C@@H](OC(C)=O)[C@H](OC(C)=O)[C@H]2OC(C)=O)[C@H](OC(C)=O)[C@H]1OC(C)=O. The van der Waals surface area contributed by atoms with E-state index in [0.717, 1.165) is 121 Å². The van der Waals surface area contributed by atoms with Gasteiger partial charge in [-0.2, -0.15) is 0 Å². The molecule has 5 saturated heterocycles. The van der Waals surface area contributed by atoms with Crippen molar-refractivity contribution in [2.45, 2.75) is 271 Å². The smallest absolute Gasteiger partial charge is 0.303 e. The number of piperidine rings is 1. The standard InChI is InChI=1S/C68H94N4O27/c1-30-21-50-54(32(3)68(99-50)20-18-46-47-16-15-43-22-45(83)17-19-67(43,14)49(47)23-48(46)31(68)2)71(24-30)25-44-26-72(70-69-44)64-61(91-40(11)80)58(88-37(8)77)56(51(94-64)27-84-33(4)73)97-66-63(93-42(13)82)60(90-39(10)79)57(53(96-66)29-86-35(6)75)98-65-62(92-41(12)81)59(89-38(9)78)55(87-36(7)76)52(95-65)28-85-34(5)74/h15,26,30,32,45-47,49-66,83H,16-25,27-29H2,1-14H3/t30-,32+,45-,46-,47-,49-,50+,51+,52+,53+,54-,55+,56+,57+,58-,59-,60-,61+,62+,63+,64+,65-,66-,67-,68-/m0/s1. The quantitative estimate of drug-likeness (QED) is 0.110. The summed E-state index contributed by atoms with van der Waals surface area (Å²) in [7, 11) is 0. The van der Waals surface area contributed by atoms with E-state index in [1.54, 1.807) is 11.8 Å². The topological polar surface area (TPSA) is 373 Å². The molecule has 31 heteroatoms. The second-order valence-electron chi connectivity index (χ2n) is 28.1. The van der Waals surface area contributed by atoms with Gasteiger partial charge in [0.05, 0.1) is 29.7 Å². The number of carbonyl (C=O) groups excluding carboxylic acids is 10. The van der Waals surface area contributed by atoms with E-state index in [0.29, 0.717) is 36.5 Å². The number of ether oxygens (including phenoxy) is 16. The summed E-state index contributed by atoms with van der Waals surface area (Å²) in [5.74, 6) is -7.50. The third-order valence-corrected chi connectivity index (χ3v) is 21.1. The second kappa shape index (κ2) is 30.7. The van der Waals surface area contributed by atoms with Crippen molar-refractivity contribution in [1.29, 1.82) is 0 Å². The van der Waals surface area contributed by atoms with E-state index in [-0.39, 0.29) is 35.5 Å². The van der Waals surface area contributed by atoms with Crippen LogP contribution >= 0.6 is 0 Å². The molecule has 1 N–H and O–H groups in total. The molecule has 10 rings (SSSR count). The predicted octanol–water partition coefficient (Wildman–Crippen LogP) is 3.83. The van der Waals surface area contributed by atoms with Crippen molar-refractivity contribution in [3.8, 4) is 0 Å². The van der Waals surface area contributed by atoms with Gasteiger partial charge >= 0.3 is 59.7 Å². The third kappa shape index (κ3) is 16.2. The van der Waals surface area contributed by atoms with Gasteiger partial charge in [0.15, 0.2) is 61.5 Å². The lowest BCUT2D eigenvalue weighted by Crippen LogP contribution is -2.68. The monoisotopic (exact) mass is 1400 g/mol. The van der Waals surface area contributed by atoms with Crippen LogP contribution in [0.5, 0.6) is 0 Å². The predicted molar refractivity (Wildman–Crippen MR) is 332 cm³/mol. The number of aromatic nitrogens is 3. The summed E-state index contributed by atoms with van der Waals surface area (Å²) in [6.45, 7) is 18.5. The second-order valence-corrected chi connectivity index (χ2v) is 28.1. The van der Waals surface area contributed by atoms with Crippen LogP contribution in [0.3, 0.4) is 0 Å². The molecule has 6 heterocycles. The lowest BCUT2D eigenvalue weighted by molar-refractivity contribution is -0.375. The van der Waals surface area contributed by atoms with Crippen molar-refractivity contribution in [2.24, 2.45) is 35.0 Å². The number of rotatable bonds is 20. The fraction of sp³-hybridized carbons (Fsp3) is 0.765. The molecular weight excluding hydrogens is 1300 g/mol. The van der Waals surface area contributed by atoms with Gasteiger partial charge in [-0.25, -0.2) is 4.68 Å². The number of likely N-dealkylation sites (tertiary alicyclic amines) is 1. The van der Waals surface area contributed by atoms with Gasteiger partial charge in [0, 0.05) is 94.3 Å². The van der Waals surface area contributed by atoms with E-state index in [9.17, 15) is 53.1 Å². The van der Waals surface area contributed by atoms with Gasteiger partial charge < -0.3 is 80.9 Å². The molecule has 2 saturated carbocycles. The van der Waals surface area contributed by atoms with Gasteiger partial charge in [-0.1, -0.05) is 43.2 Å². The molecule has 1 aromatic rings. The first kappa shape index (κ1) is 74.7. The highest BCUT2D eigenvalue weighted by molar-refractivity contribution is 5.70. The Morgan fingerprint density at radius 2 is 1.06 bits per heavy atom. The summed E-state index contributed by atoms with van der Waals surface area (Å²) in [4.78, 5) is 132. The van der Waals surface area contributed by atoms with Gasteiger partial charge in [0.1, 0.15) is 50.3 Å². The molecule has 7 fully saturated rings. The lowest BCUT2D eigenvalue weighted by atomic mass is 9.56. The van der Waals surface area contributed by atoms with Gasteiger partial charge in [-0.05, 0) is 93.0 Å². The Labute approximate surface area is 573 Å². The largest absolute Gasteiger partial charge is 0.463 e. The number of fused-ring (bicyclic) bond motifs is 6. The number of carbonyl (C=O) groups is 10. The molecule has 1 aromatic heterocycles. The number of aliphatic hydroxyl groups excluding tert-OH is 1. The number of allylic oxidation sites excluding steroid dienone is 2. The molecule has 0 amide bonds. The fourth-order valence-electron chi connectivity index (χ4n) is 17.4. The van der Waals surface area contributed by atoms with Crippen LogP contribution in [-0.2, 0) is 130 Å². The van der Waals surface area contributed by atoms with Crippen LogP contribution in [0.15, 0.2) is 29.0 Å². The highest BCUT2D eigenvalue weighted by atomic mass is 16.8. The van der Waals surface area contributed by atoms with Crippen molar-refractivity contribution >= 4 is 59.7 Å². The molecule has 0 aromatic carbocycles. The Kier molecular flexibility index (Phi) is 23.1. The Morgan fingerprint density at radius 1 is 0.586 bits per heavy atom. The van der Waals surface area contributed by atoms with E-state index < -0.39 is 177 Å². The highest BCUT2D eigenvalue weighted by Crippen LogP contribution is 2.65. The Hall–Kier alpha value is -7.00. The summed E-state index contributed by atoms with van der Waals surface area (Å²) in [5.41, 5.74) is 4.41. The first-order valence-corrected chi connectivity index (χ1v) is 34.0. The molecule has 99 heavy (non-hydrogen) atoms. The molecule has 4 aliphatic carbocycles. The van der Waals surface area contributed by atoms with E-state index in [2.05, 4.69) is 49.0 Å². The molecule has 0 bridgehead atoms. The molecule has 0 radical (unpaired) electrons. The van der Waals surface area contributed by atoms with Crippen LogP contribution in [0.2, 0.25) is 0 Å². The normalized spacial score (nSPS) is 38.5. The Balaban J connectivity index is 0.960. The van der Waals surface area contributed by atoms with Crippen molar-refractivity contribution in [1.82, 2.24) is 19.9 Å². The van der Waals surface area contributed by atoms with Gasteiger partial charge in [-0.3, -0.25) is 52.8 Å². The van der Waals surface area contributed by atoms with Crippen molar-refractivity contribution in [3.05, 3.63) is 34.7 Å². The van der Waals surface area contributed by atoms with E-state index in [1.165, 1.54) is 15.8 Å². The zero-order chi connectivity index (χ0) is 71.9. The Morgan fingerprint density at radius 3 is 1.59 bits per heavy atom. The summed E-state index contributed by atoms with van der Waals surface area (Å²) < 4.78 is 98.4. The molecule has 25 atom stereocenters. The maximum Gasteiger partial charge on any atom is 0.303 e. The maximum atomic E-state index is 13.5. The van der Waals surface area contributed by atoms with Gasteiger partial charge in [0.25, 0.3) is 0 Å². The molecule has 548 valence electrons. The van der Waals surface area contributed by atoms with Crippen LogP contribution in [0.4, 0.5) is 0 Å². The van der Waals surface area contributed by atoms with Crippen LogP contribution in [0.1, 0.15) is 160 Å². The van der Waals surface area contributed by atoms with E-state index >= 15 is 0 Å². The molecule has 31 nitrogen and oxygen atoms in total. The lowest BCUT2D eigenvalue weighted by Gasteiger charge is -2.50. The number of nitrogens with zero attached hydrogens (tertiary/aromatic N) is 4. The molecule has 1 spiro atoms. The van der Waals surface area contributed by atoms with Crippen LogP contribution in [-0.4, -0.2) is 221 Å². The van der Waals surface area contributed by atoms with Crippen LogP contribution in [0.25, 0.3) is 0 Å². The van der Waals surface area contributed by atoms with E-state index in [1.807, 2.05) is 0 Å². The maximum absolute atomic E-state index is 13.5. The summed E-state index contributed by atoms with van der Waals surface area (Å²) >= 11 is 0. The highest BCUT2D eigenvalue weighted by Gasteiger charge is 2.64. The number of esters is 10. The van der Waals surface area contributed by atoms with Crippen LogP contribution < -0.4 is 0 Å². The van der Waals surface area contributed by atoms with Crippen molar-refractivity contribution in [2.75, 3.05) is 26.4 Å². The van der Waals surface area contributed by atoms with Gasteiger partial charge in [0.2, 0.25) is 0 Å². The first-order chi connectivity index (χ1) is 46.7. The summed E-state index contributed by atoms with van der Waals surface area (Å²) in [5, 5.41) is 19.8. The minimum atomic E-state index is -2.05. The average molecular weight is 1400 g/mol. The average Bonchev–Trinajstić information content (AvgIpc) is 1.55. The van der Waals surface area contributed by atoms with Gasteiger partial charge in [-0.15, -0.1) is 5.10 Å². The number of hydrogen-bond acceptors (Lipinski definition) is 30. The molecule has 0 unspecified atom stereocenters. The molecular formula is C68H94N4O27. The number of aliphatic hydroxyl groups is 1. The van der Waals surface area contributed by atoms with Crippen LogP contribution in [0, 0.1) is 35.0 Å². The Bertz CT molecular complexity index is 3300. The van der Waals surface area contributed by atoms with E-state index in [4.69, 9.17) is 75.8 Å². The summed E-state index contributed by atoms with van der Waals surface area (Å²) in [6.07, 6.45) is -15.7. The fourth-order valence-corrected chi connectivity index (χ4v) is 17.4. The number of hydrogen-bond donors (Lipinski definition) is 1. The summed E-state index contributed by atoms with van der Waals surface area (Å²) in [6, 6.07) is -0.00828. The minimum Gasteiger partial charge on any atom is -0.463 e. The zero-order valence-electron chi connectivity index (χ0n) is 58.5. The third-order valence-electron chi connectivity index (χ3n) is 21.1. The van der Waals surface area contributed by atoms with Crippen molar-refractivity contribution < 1.29 is 129 Å². The molecule has 9 aliphatic rings. The van der Waals surface area contributed by atoms with Crippen molar-refractivity contribution in [3.63, 3.8) is 0 Å².